The monoisotopic (exact) mass is 270 g/mol. The molecule has 1 unspecified atom stereocenters. The van der Waals surface area contributed by atoms with Crippen LogP contribution in [0.1, 0.15) is 6.42 Å². The molecule has 0 aromatic carbocycles. The lowest BCUT2D eigenvalue weighted by Gasteiger charge is -2.13. The van der Waals surface area contributed by atoms with E-state index < -0.39 is 0 Å². The number of carbonyl (C=O) groups excluding carboxylic acids is 1. The lowest BCUT2D eigenvalue weighted by atomic mass is 10.2. The van der Waals surface area contributed by atoms with Gasteiger partial charge in [0.1, 0.15) is 5.82 Å². The summed E-state index contributed by atoms with van der Waals surface area (Å²) in [5, 5.41) is 0.817. The highest BCUT2D eigenvalue weighted by Crippen LogP contribution is 2.23. The minimum atomic E-state index is 0.0602. The van der Waals surface area contributed by atoms with Gasteiger partial charge in [-0.05, 0) is 12.0 Å². The molecule has 2 rings (SSSR count). The topological polar surface area (TPSA) is 72.1 Å². The van der Waals surface area contributed by atoms with Gasteiger partial charge in [-0.2, -0.15) is 4.98 Å². The molecule has 0 bridgehead atoms. The first-order valence-corrected chi connectivity index (χ1v) is 5.77. The fourth-order valence-electron chi connectivity index (χ4n) is 1.57. The predicted octanol–water partition coefficient (Wildman–Crippen LogP) is 0.807. The predicted molar refractivity (Wildman–Crippen MR) is 60.7 cm³/mol. The van der Waals surface area contributed by atoms with Gasteiger partial charge in [-0.3, -0.25) is 9.69 Å². The molecule has 5 nitrogen and oxygen atoms in total. The summed E-state index contributed by atoms with van der Waals surface area (Å²) in [6, 6.07) is 1.60. The normalized spacial score (nSPS) is 21.0. The zero-order chi connectivity index (χ0) is 10.8. The van der Waals surface area contributed by atoms with Crippen LogP contribution in [0.3, 0.4) is 0 Å². The van der Waals surface area contributed by atoms with Crippen molar-refractivity contribution < 1.29 is 4.79 Å². The second kappa shape index (κ2) is 4.14. The minimum Gasteiger partial charge on any atom is -0.384 e. The van der Waals surface area contributed by atoms with Crippen LogP contribution in [-0.4, -0.2) is 27.7 Å². The first kappa shape index (κ1) is 10.4. The van der Waals surface area contributed by atoms with Crippen molar-refractivity contribution in [3.8, 4) is 0 Å². The molecule has 0 radical (unpaired) electrons. The number of hydrogen-bond donors (Lipinski definition) is 1. The first-order chi connectivity index (χ1) is 7.20. The average molecular weight is 271 g/mol. The van der Waals surface area contributed by atoms with Crippen molar-refractivity contribution in [2.75, 3.05) is 22.5 Å². The molecular weight excluding hydrogens is 260 g/mol. The van der Waals surface area contributed by atoms with Crippen molar-refractivity contribution in [2.24, 2.45) is 5.92 Å². The molecule has 1 aromatic heterocycles. The molecule has 2 N–H and O–H groups in total. The van der Waals surface area contributed by atoms with Crippen molar-refractivity contribution in [3.63, 3.8) is 0 Å². The van der Waals surface area contributed by atoms with Crippen LogP contribution in [0.25, 0.3) is 0 Å². The van der Waals surface area contributed by atoms with Crippen LogP contribution in [0, 0.1) is 5.92 Å². The molecule has 1 aliphatic heterocycles. The van der Waals surface area contributed by atoms with Gasteiger partial charge >= 0.3 is 0 Å². The average Bonchev–Trinajstić information content (AvgIpc) is 2.60. The minimum absolute atomic E-state index is 0.0602. The van der Waals surface area contributed by atoms with Gasteiger partial charge in [-0.25, -0.2) is 4.98 Å². The number of nitrogens with zero attached hydrogens (tertiary/aromatic N) is 3. The summed E-state index contributed by atoms with van der Waals surface area (Å²) in [6.45, 7) is 0.660. The van der Waals surface area contributed by atoms with Gasteiger partial charge in [-0.1, -0.05) is 15.9 Å². The number of hydrogen-bond acceptors (Lipinski definition) is 4. The maximum absolute atomic E-state index is 11.6. The molecule has 15 heavy (non-hydrogen) atoms. The SMILES string of the molecule is Nc1ccnc(N2CC(CBr)CC2=O)n1. The number of nitrogens with two attached hydrogens (primary N) is 1. The van der Waals surface area contributed by atoms with Crippen LogP contribution in [0.15, 0.2) is 12.3 Å². The van der Waals surface area contributed by atoms with Crippen LogP contribution in [0.4, 0.5) is 11.8 Å². The van der Waals surface area contributed by atoms with Gasteiger partial charge < -0.3 is 5.73 Å². The standard InChI is InChI=1S/C9H11BrN4O/c10-4-6-3-8(15)14(5-6)9-12-2-1-7(11)13-9/h1-2,6H,3-5H2,(H2,11,12,13). The van der Waals surface area contributed by atoms with E-state index in [9.17, 15) is 4.79 Å². The summed E-state index contributed by atoms with van der Waals surface area (Å²) in [4.78, 5) is 21.3. The van der Waals surface area contributed by atoms with E-state index in [4.69, 9.17) is 5.73 Å². The largest absolute Gasteiger partial charge is 0.384 e. The van der Waals surface area contributed by atoms with Crippen LogP contribution in [-0.2, 0) is 4.79 Å². The highest BCUT2D eigenvalue weighted by molar-refractivity contribution is 9.09. The Morgan fingerprint density at radius 1 is 1.67 bits per heavy atom. The molecule has 1 fully saturated rings. The molecular formula is C9H11BrN4O. The summed E-state index contributed by atoms with van der Waals surface area (Å²) in [6.07, 6.45) is 2.11. The number of halogens is 1. The summed E-state index contributed by atoms with van der Waals surface area (Å²) in [7, 11) is 0. The quantitative estimate of drug-likeness (QED) is 0.808. The number of carbonyl (C=O) groups is 1. The van der Waals surface area contributed by atoms with Gasteiger partial charge in [0.25, 0.3) is 0 Å². The van der Waals surface area contributed by atoms with E-state index in [-0.39, 0.29) is 5.91 Å². The van der Waals surface area contributed by atoms with E-state index in [2.05, 4.69) is 25.9 Å². The zero-order valence-electron chi connectivity index (χ0n) is 8.06. The molecule has 2 heterocycles. The van der Waals surface area contributed by atoms with Crippen molar-refractivity contribution in [1.82, 2.24) is 9.97 Å². The third kappa shape index (κ3) is 2.09. The number of aromatic nitrogens is 2. The Morgan fingerprint density at radius 2 is 2.47 bits per heavy atom. The van der Waals surface area contributed by atoms with E-state index >= 15 is 0 Å². The van der Waals surface area contributed by atoms with Crippen molar-refractivity contribution in [3.05, 3.63) is 12.3 Å². The van der Waals surface area contributed by atoms with Gasteiger partial charge in [0.05, 0.1) is 0 Å². The third-order valence-electron chi connectivity index (χ3n) is 2.33. The Bertz CT molecular complexity index is 384. The fourth-order valence-corrected chi connectivity index (χ4v) is 2.00. The molecule has 1 amide bonds. The van der Waals surface area contributed by atoms with E-state index in [1.54, 1.807) is 17.2 Å². The summed E-state index contributed by atoms with van der Waals surface area (Å²) >= 11 is 3.37. The number of alkyl halides is 1. The highest BCUT2D eigenvalue weighted by atomic mass is 79.9. The Kier molecular flexibility index (Phi) is 2.86. The summed E-state index contributed by atoms with van der Waals surface area (Å²) in [5.74, 6) is 1.19. The molecule has 0 spiro atoms. The molecule has 1 aliphatic rings. The lowest BCUT2D eigenvalue weighted by molar-refractivity contribution is -0.117. The van der Waals surface area contributed by atoms with Crippen LogP contribution >= 0.6 is 15.9 Å². The molecule has 1 atom stereocenters. The lowest BCUT2D eigenvalue weighted by Crippen LogP contribution is -2.26. The first-order valence-electron chi connectivity index (χ1n) is 4.65. The Balaban J connectivity index is 2.21. The van der Waals surface area contributed by atoms with Crippen molar-refractivity contribution >= 4 is 33.6 Å². The van der Waals surface area contributed by atoms with E-state index in [0.717, 1.165) is 5.33 Å². The zero-order valence-corrected chi connectivity index (χ0v) is 9.64. The maximum Gasteiger partial charge on any atom is 0.234 e. The summed E-state index contributed by atoms with van der Waals surface area (Å²) < 4.78 is 0. The second-order valence-electron chi connectivity index (χ2n) is 3.51. The van der Waals surface area contributed by atoms with Crippen LogP contribution in [0.2, 0.25) is 0 Å². The number of nitrogen functional groups attached to an aromatic ring is 1. The van der Waals surface area contributed by atoms with E-state index in [0.29, 0.717) is 30.6 Å². The Hall–Kier alpha value is -1.17. The summed E-state index contributed by atoms with van der Waals surface area (Å²) in [5.41, 5.74) is 5.54. The number of amides is 1. The van der Waals surface area contributed by atoms with E-state index in [1.807, 2.05) is 0 Å². The molecule has 1 aromatic rings. The number of anilines is 2. The highest BCUT2D eigenvalue weighted by Gasteiger charge is 2.31. The molecule has 1 saturated heterocycles. The molecule has 0 saturated carbocycles. The third-order valence-corrected chi connectivity index (χ3v) is 3.24. The fraction of sp³-hybridized carbons (Fsp3) is 0.444. The van der Waals surface area contributed by atoms with Crippen LogP contribution < -0.4 is 10.6 Å². The van der Waals surface area contributed by atoms with Gasteiger partial charge in [-0.15, -0.1) is 0 Å². The van der Waals surface area contributed by atoms with Gasteiger partial charge in [0.2, 0.25) is 11.9 Å². The maximum atomic E-state index is 11.6. The van der Waals surface area contributed by atoms with Crippen LogP contribution in [0.5, 0.6) is 0 Å². The Morgan fingerprint density at radius 3 is 3.07 bits per heavy atom. The molecule has 0 aliphatic carbocycles. The van der Waals surface area contributed by atoms with E-state index in [1.165, 1.54) is 0 Å². The smallest absolute Gasteiger partial charge is 0.234 e. The number of rotatable bonds is 2. The van der Waals surface area contributed by atoms with Gasteiger partial charge in [0, 0.05) is 24.5 Å². The van der Waals surface area contributed by atoms with Gasteiger partial charge in [0.15, 0.2) is 0 Å². The Labute approximate surface area is 95.8 Å². The molecule has 80 valence electrons. The van der Waals surface area contributed by atoms with Crippen molar-refractivity contribution in [2.45, 2.75) is 6.42 Å². The molecule has 6 heteroatoms. The van der Waals surface area contributed by atoms with Crippen molar-refractivity contribution in [1.29, 1.82) is 0 Å². The second-order valence-corrected chi connectivity index (χ2v) is 4.16.